The zero-order valence-corrected chi connectivity index (χ0v) is 15.7. The van der Waals surface area contributed by atoms with E-state index in [1.807, 2.05) is 11.8 Å². The molecule has 0 aliphatic carbocycles. The summed E-state index contributed by atoms with van der Waals surface area (Å²) in [4.78, 5) is 18.7. The summed E-state index contributed by atoms with van der Waals surface area (Å²) < 4.78 is 5.09. The number of piperazine rings is 1. The summed E-state index contributed by atoms with van der Waals surface area (Å²) in [6.07, 6.45) is 4.93. The first-order chi connectivity index (χ1) is 11.1. The summed E-state index contributed by atoms with van der Waals surface area (Å²) in [5.41, 5.74) is 0. The third-order valence-electron chi connectivity index (χ3n) is 4.64. The first-order valence-electron chi connectivity index (χ1n) is 9.50. The predicted octanol–water partition coefficient (Wildman–Crippen LogP) is 3.05. The smallest absolute Gasteiger partial charge is 0.409 e. The third kappa shape index (κ3) is 7.53. The van der Waals surface area contributed by atoms with Crippen LogP contribution in [-0.4, -0.2) is 79.3 Å². The molecular weight excluding hydrogens is 290 g/mol. The topological polar surface area (TPSA) is 36.0 Å². The van der Waals surface area contributed by atoms with Crippen molar-refractivity contribution in [3.8, 4) is 0 Å². The van der Waals surface area contributed by atoms with Crippen LogP contribution in [0.5, 0.6) is 0 Å². The Balaban J connectivity index is 2.38. The minimum Gasteiger partial charge on any atom is -0.450 e. The van der Waals surface area contributed by atoms with E-state index in [-0.39, 0.29) is 6.09 Å². The minimum absolute atomic E-state index is 0.160. The molecule has 0 aromatic carbocycles. The average molecular weight is 328 g/mol. The number of rotatable bonds is 10. The lowest BCUT2D eigenvalue weighted by Crippen LogP contribution is -2.53. The second-order valence-corrected chi connectivity index (χ2v) is 6.58. The van der Waals surface area contributed by atoms with Gasteiger partial charge < -0.3 is 14.5 Å². The molecule has 1 heterocycles. The molecule has 0 radical (unpaired) electrons. The monoisotopic (exact) mass is 327 g/mol. The summed E-state index contributed by atoms with van der Waals surface area (Å²) in [6, 6.07) is 0.549. The second kappa shape index (κ2) is 11.7. The number of nitrogens with zero attached hydrogens (tertiary/aromatic N) is 3. The molecule has 0 aromatic rings. The van der Waals surface area contributed by atoms with Crippen molar-refractivity contribution in [1.29, 1.82) is 0 Å². The van der Waals surface area contributed by atoms with E-state index in [0.717, 1.165) is 32.7 Å². The molecule has 23 heavy (non-hydrogen) atoms. The van der Waals surface area contributed by atoms with Gasteiger partial charge in [-0.3, -0.25) is 4.90 Å². The molecule has 0 bridgehead atoms. The van der Waals surface area contributed by atoms with Crippen LogP contribution in [0.1, 0.15) is 53.4 Å². The van der Waals surface area contributed by atoms with E-state index < -0.39 is 0 Å². The Morgan fingerprint density at radius 2 is 1.61 bits per heavy atom. The Hall–Kier alpha value is -0.810. The Bertz CT molecular complexity index is 309. The van der Waals surface area contributed by atoms with E-state index in [1.54, 1.807) is 0 Å². The molecule has 1 rings (SSSR count). The summed E-state index contributed by atoms with van der Waals surface area (Å²) in [5, 5.41) is 0. The van der Waals surface area contributed by atoms with E-state index in [2.05, 4.69) is 30.6 Å². The van der Waals surface area contributed by atoms with Crippen LogP contribution in [0.25, 0.3) is 0 Å². The molecule has 136 valence electrons. The highest BCUT2D eigenvalue weighted by atomic mass is 16.6. The number of amides is 1. The Kier molecular flexibility index (Phi) is 10.3. The maximum Gasteiger partial charge on any atom is 0.409 e. The summed E-state index contributed by atoms with van der Waals surface area (Å²) >= 11 is 0. The van der Waals surface area contributed by atoms with Gasteiger partial charge >= 0.3 is 6.09 Å². The van der Waals surface area contributed by atoms with Crippen molar-refractivity contribution in [3.63, 3.8) is 0 Å². The molecule has 0 saturated carbocycles. The van der Waals surface area contributed by atoms with Gasteiger partial charge in [0.2, 0.25) is 0 Å². The molecule has 5 nitrogen and oxygen atoms in total. The fraction of sp³-hybridized carbons (Fsp3) is 0.944. The van der Waals surface area contributed by atoms with Crippen molar-refractivity contribution in [2.45, 2.75) is 59.4 Å². The first kappa shape index (κ1) is 20.2. The largest absolute Gasteiger partial charge is 0.450 e. The first-order valence-corrected chi connectivity index (χ1v) is 9.50. The van der Waals surface area contributed by atoms with Gasteiger partial charge in [0, 0.05) is 38.8 Å². The molecule has 1 aliphatic heterocycles. The van der Waals surface area contributed by atoms with Gasteiger partial charge in [-0.2, -0.15) is 0 Å². The number of carbonyl (C=O) groups excluding carboxylic acids is 1. The maximum atomic E-state index is 11.8. The van der Waals surface area contributed by atoms with Gasteiger partial charge in [-0.1, -0.05) is 26.7 Å². The molecule has 5 heteroatoms. The molecule has 0 spiro atoms. The predicted molar refractivity (Wildman–Crippen MR) is 95.9 cm³/mol. The number of hydrogen-bond donors (Lipinski definition) is 0. The van der Waals surface area contributed by atoms with Crippen LogP contribution in [-0.2, 0) is 4.74 Å². The molecule has 1 aliphatic rings. The number of unbranched alkanes of at least 4 members (excludes halogenated alkanes) is 2. The van der Waals surface area contributed by atoms with Crippen molar-refractivity contribution in [2.75, 3.05) is 52.4 Å². The van der Waals surface area contributed by atoms with E-state index in [4.69, 9.17) is 4.74 Å². The highest BCUT2D eigenvalue weighted by molar-refractivity contribution is 5.67. The van der Waals surface area contributed by atoms with Crippen LogP contribution < -0.4 is 0 Å². The number of hydrogen-bond acceptors (Lipinski definition) is 4. The van der Waals surface area contributed by atoms with Crippen molar-refractivity contribution in [2.24, 2.45) is 0 Å². The van der Waals surface area contributed by atoms with Crippen LogP contribution in [0.3, 0.4) is 0 Å². The summed E-state index contributed by atoms with van der Waals surface area (Å²) in [7, 11) is 0. The molecule has 1 fully saturated rings. The zero-order valence-electron chi connectivity index (χ0n) is 15.7. The van der Waals surface area contributed by atoms with E-state index in [1.165, 1.54) is 38.8 Å². The molecule has 0 aromatic heterocycles. The summed E-state index contributed by atoms with van der Waals surface area (Å²) in [6.45, 7) is 16.2. The molecule has 1 unspecified atom stereocenters. The van der Waals surface area contributed by atoms with Crippen LogP contribution >= 0.6 is 0 Å². The van der Waals surface area contributed by atoms with Crippen molar-refractivity contribution in [3.05, 3.63) is 0 Å². The van der Waals surface area contributed by atoms with Gasteiger partial charge in [0.15, 0.2) is 0 Å². The molecule has 1 saturated heterocycles. The van der Waals surface area contributed by atoms with Crippen molar-refractivity contribution < 1.29 is 9.53 Å². The highest BCUT2D eigenvalue weighted by Crippen LogP contribution is 2.10. The van der Waals surface area contributed by atoms with E-state index in [0.29, 0.717) is 12.6 Å². The Labute approximate surface area is 142 Å². The number of carbonyl (C=O) groups is 1. The molecule has 0 N–H and O–H groups in total. The standard InChI is InChI=1S/C18H37N3O2/c1-5-8-10-19(11-9-6-2)16-17(4)20-12-14-21(15-13-20)18(22)23-7-3/h17H,5-16H2,1-4H3. The third-order valence-corrected chi connectivity index (χ3v) is 4.64. The summed E-state index contributed by atoms with van der Waals surface area (Å²) in [5.74, 6) is 0. The van der Waals surface area contributed by atoms with Gasteiger partial charge in [-0.15, -0.1) is 0 Å². The lowest BCUT2D eigenvalue weighted by molar-refractivity contribution is 0.0602. The lowest BCUT2D eigenvalue weighted by atomic mass is 10.2. The van der Waals surface area contributed by atoms with Crippen LogP contribution in [0.4, 0.5) is 4.79 Å². The van der Waals surface area contributed by atoms with Crippen LogP contribution in [0.15, 0.2) is 0 Å². The van der Waals surface area contributed by atoms with Gasteiger partial charge in [0.1, 0.15) is 0 Å². The average Bonchev–Trinajstić information content (AvgIpc) is 2.57. The Morgan fingerprint density at radius 3 is 2.09 bits per heavy atom. The zero-order chi connectivity index (χ0) is 17.1. The fourth-order valence-electron chi connectivity index (χ4n) is 3.11. The molecule has 1 atom stereocenters. The van der Waals surface area contributed by atoms with Crippen LogP contribution in [0, 0.1) is 0 Å². The van der Waals surface area contributed by atoms with Gasteiger partial charge in [-0.25, -0.2) is 4.79 Å². The van der Waals surface area contributed by atoms with Crippen LogP contribution in [0.2, 0.25) is 0 Å². The normalized spacial score (nSPS) is 17.5. The van der Waals surface area contributed by atoms with Gasteiger partial charge in [0.25, 0.3) is 0 Å². The van der Waals surface area contributed by atoms with Crippen molar-refractivity contribution >= 4 is 6.09 Å². The lowest BCUT2D eigenvalue weighted by Gasteiger charge is -2.39. The Morgan fingerprint density at radius 1 is 1.04 bits per heavy atom. The fourth-order valence-corrected chi connectivity index (χ4v) is 3.11. The van der Waals surface area contributed by atoms with E-state index in [9.17, 15) is 4.79 Å². The van der Waals surface area contributed by atoms with Gasteiger partial charge in [0.05, 0.1) is 6.61 Å². The molecular formula is C18H37N3O2. The quantitative estimate of drug-likeness (QED) is 0.618. The molecule has 1 amide bonds. The second-order valence-electron chi connectivity index (χ2n) is 6.58. The highest BCUT2D eigenvalue weighted by Gasteiger charge is 2.25. The minimum atomic E-state index is -0.160. The maximum absolute atomic E-state index is 11.8. The van der Waals surface area contributed by atoms with E-state index >= 15 is 0 Å². The number of ether oxygens (including phenoxy) is 1. The van der Waals surface area contributed by atoms with Gasteiger partial charge in [-0.05, 0) is 39.8 Å². The van der Waals surface area contributed by atoms with Crippen molar-refractivity contribution in [1.82, 2.24) is 14.7 Å². The SMILES string of the molecule is CCCCN(CCCC)CC(C)N1CCN(C(=O)OCC)CC1.